The van der Waals surface area contributed by atoms with Crippen LogP contribution in [-0.2, 0) is 0 Å². The van der Waals surface area contributed by atoms with Crippen LogP contribution in [0.1, 0.15) is 0 Å². The van der Waals surface area contributed by atoms with Crippen LogP contribution in [0.3, 0.4) is 0 Å². The van der Waals surface area contributed by atoms with Crippen LogP contribution in [-0.4, -0.2) is 12.5 Å². The van der Waals surface area contributed by atoms with Crippen molar-refractivity contribution in [1.29, 1.82) is 0 Å². The van der Waals surface area contributed by atoms with Gasteiger partial charge in [0.05, 0.1) is 6.34 Å². The lowest BCUT2D eigenvalue weighted by molar-refractivity contribution is 0.661. The second-order valence-electron chi connectivity index (χ2n) is 2.10. The van der Waals surface area contributed by atoms with Crippen LogP contribution in [0, 0.1) is 0 Å². The van der Waals surface area contributed by atoms with E-state index < -0.39 is 0 Å². The van der Waals surface area contributed by atoms with Crippen molar-refractivity contribution in [2.75, 3.05) is 0 Å². The molecule has 0 amide bonds. The molecule has 2 heterocycles. The van der Waals surface area contributed by atoms with Crippen molar-refractivity contribution in [3.63, 3.8) is 0 Å². The summed E-state index contributed by atoms with van der Waals surface area (Å²) in [4.78, 5) is 3.89. The van der Waals surface area contributed by atoms with Gasteiger partial charge >= 0.3 is 0 Å². The quantitative estimate of drug-likeness (QED) is 0.501. The van der Waals surface area contributed by atoms with Gasteiger partial charge in [-0.15, -0.1) is 0 Å². The van der Waals surface area contributed by atoms with Gasteiger partial charge in [0.15, 0.2) is 0 Å². The lowest BCUT2D eigenvalue weighted by Crippen LogP contribution is -2.38. The van der Waals surface area contributed by atoms with E-state index in [9.17, 15) is 0 Å². The molecule has 0 saturated carbocycles. The summed E-state index contributed by atoms with van der Waals surface area (Å²) in [6.45, 7) is 0. The fourth-order valence-electron chi connectivity index (χ4n) is 0.989. The third-order valence-electron chi connectivity index (χ3n) is 1.49. The number of halogens is 1. The maximum Gasteiger partial charge on any atom is 0.137 e. The van der Waals surface area contributed by atoms with E-state index in [1.165, 1.54) is 0 Å². The molecule has 0 aromatic carbocycles. The van der Waals surface area contributed by atoms with Gasteiger partial charge in [-0.25, -0.2) is 4.99 Å². The average molecular weight is 156 g/mol. The van der Waals surface area contributed by atoms with Crippen molar-refractivity contribution in [2.24, 2.45) is 4.99 Å². The highest BCUT2D eigenvalue weighted by Crippen LogP contribution is 2.20. The van der Waals surface area contributed by atoms with Gasteiger partial charge in [0.25, 0.3) is 0 Å². The van der Waals surface area contributed by atoms with Crippen molar-refractivity contribution >= 4 is 17.9 Å². The molecule has 2 aliphatic rings. The minimum atomic E-state index is 0.130. The van der Waals surface area contributed by atoms with E-state index in [2.05, 4.69) is 15.6 Å². The Morgan fingerprint density at radius 1 is 1.50 bits per heavy atom. The summed E-state index contributed by atoms with van der Waals surface area (Å²) in [5, 5.41) is 6.63. The molecule has 2 N–H and O–H groups in total. The van der Waals surface area contributed by atoms with Gasteiger partial charge in [-0.2, -0.15) is 0 Å². The monoisotopic (exact) mass is 155 g/mol. The van der Waals surface area contributed by atoms with Crippen molar-refractivity contribution in [3.8, 4) is 0 Å². The third kappa shape index (κ3) is 0.708. The summed E-state index contributed by atoms with van der Waals surface area (Å²) in [6.07, 6.45) is 5.49. The highest BCUT2D eigenvalue weighted by molar-refractivity contribution is 6.30. The van der Waals surface area contributed by atoms with Gasteiger partial charge in [0.1, 0.15) is 11.3 Å². The first kappa shape index (κ1) is 5.80. The van der Waals surface area contributed by atoms with Gasteiger partial charge in [-0.05, 0) is 12.3 Å². The zero-order chi connectivity index (χ0) is 6.97. The Balaban J connectivity index is 2.41. The number of hydrogen-bond donors (Lipinski definition) is 2. The molecular formula is C6H6ClN3. The highest BCUT2D eigenvalue weighted by Gasteiger charge is 2.19. The minimum absolute atomic E-state index is 0.130. The molecule has 3 nitrogen and oxygen atoms in total. The summed E-state index contributed by atoms with van der Waals surface area (Å²) < 4.78 is 0. The van der Waals surface area contributed by atoms with E-state index >= 15 is 0 Å². The van der Waals surface area contributed by atoms with E-state index in [-0.39, 0.29) is 6.17 Å². The Kier molecular flexibility index (Phi) is 1.17. The van der Waals surface area contributed by atoms with E-state index in [0.717, 1.165) is 5.57 Å². The van der Waals surface area contributed by atoms with Gasteiger partial charge < -0.3 is 10.6 Å². The standard InChI is InChI=1S/C6H6ClN3/c7-5-4-1-2-8-6(4)10-3-9-5/h1-3,6,8H,(H,9,10). The molecule has 0 radical (unpaired) electrons. The highest BCUT2D eigenvalue weighted by atomic mass is 35.5. The first-order valence-electron chi connectivity index (χ1n) is 2.99. The number of nitrogens with zero attached hydrogens (tertiary/aromatic N) is 1. The van der Waals surface area contributed by atoms with Gasteiger partial charge in [-0.3, -0.25) is 0 Å². The van der Waals surface area contributed by atoms with Crippen molar-refractivity contribution in [3.05, 3.63) is 23.0 Å². The SMILES string of the molecule is ClC1=C2C=CNC2NC=N1. The molecule has 52 valence electrons. The van der Waals surface area contributed by atoms with Crippen molar-refractivity contribution in [2.45, 2.75) is 6.17 Å². The topological polar surface area (TPSA) is 36.4 Å². The van der Waals surface area contributed by atoms with Crippen LogP contribution >= 0.6 is 11.6 Å². The molecule has 0 aliphatic carbocycles. The molecular weight excluding hydrogens is 150 g/mol. The molecule has 1 atom stereocenters. The molecule has 0 spiro atoms. The number of hydrogen-bond acceptors (Lipinski definition) is 3. The van der Waals surface area contributed by atoms with Crippen LogP contribution in [0.25, 0.3) is 0 Å². The molecule has 2 aliphatic heterocycles. The van der Waals surface area contributed by atoms with Gasteiger partial charge in [-0.1, -0.05) is 11.6 Å². The Bertz CT molecular complexity index is 241. The Hall–Kier alpha value is -0.960. The molecule has 0 fully saturated rings. The maximum absolute atomic E-state index is 5.77. The first-order chi connectivity index (χ1) is 4.88. The van der Waals surface area contributed by atoms with E-state index in [4.69, 9.17) is 11.6 Å². The molecule has 1 unspecified atom stereocenters. The number of rotatable bonds is 0. The smallest absolute Gasteiger partial charge is 0.137 e. The number of fused-ring (bicyclic) bond motifs is 1. The summed E-state index contributed by atoms with van der Waals surface area (Å²) in [6, 6.07) is 0. The van der Waals surface area contributed by atoms with Gasteiger partial charge in [0, 0.05) is 5.57 Å². The van der Waals surface area contributed by atoms with Gasteiger partial charge in [0.2, 0.25) is 0 Å². The zero-order valence-electron chi connectivity index (χ0n) is 5.13. The summed E-state index contributed by atoms with van der Waals surface area (Å²) in [7, 11) is 0. The van der Waals surface area contributed by atoms with Crippen LogP contribution < -0.4 is 10.6 Å². The normalized spacial score (nSPS) is 27.9. The van der Waals surface area contributed by atoms with Crippen LogP contribution in [0.4, 0.5) is 0 Å². The van der Waals surface area contributed by atoms with E-state index in [1.807, 2.05) is 12.3 Å². The Morgan fingerprint density at radius 2 is 2.40 bits per heavy atom. The Labute approximate surface area is 63.5 Å². The summed E-state index contributed by atoms with van der Waals surface area (Å²) in [5.74, 6) is 0. The van der Waals surface area contributed by atoms with E-state index in [0.29, 0.717) is 5.16 Å². The maximum atomic E-state index is 5.77. The van der Waals surface area contributed by atoms with Crippen molar-refractivity contribution < 1.29 is 0 Å². The number of nitrogens with one attached hydrogen (secondary N) is 2. The second kappa shape index (κ2) is 2.02. The minimum Gasteiger partial charge on any atom is -0.368 e. The molecule has 10 heavy (non-hydrogen) atoms. The Morgan fingerprint density at radius 3 is 3.20 bits per heavy atom. The lowest BCUT2D eigenvalue weighted by Gasteiger charge is -2.16. The molecule has 0 saturated heterocycles. The summed E-state index contributed by atoms with van der Waals surface area (Å²) >= 11 is 5.77. The van der Waals surface area contributed by atoms with Crippen LogP contribution in [0.15, 0.2) is 28.0 Å². The fourth-order valence-corrected chi connectivity index (χ4v) is 1.21. The first-order valence-corrected chi connectivity index (χ1v) is 3.36. The van der Waals surface area contributed by atoms with Crippen molar-refractivity contribution in [1.82, 2.24) is 10.6 Å². The molecule has 2 rings (SSSR count). The largest absolute Gasteiger partial charge is 0.368 e. The average Bonchev–Trinajstić information content (AvgIpc) is 2.36. The van der Waals surface area contributed by atoms with Crippen LogP contribution in [0.2, 0.25) is 0 Å². The fraction of sp³-hybridized carbons (Fsp3) is 0.167. The zero-order valence-corrected chi connectivity index (χ0v) is 5.89. The molecule has 0 aromatic heterocycles. The van der Waals surface area contributed by atoms with E-state index in [1.54, 1.807) is 6.34 Å². The second-order valence-corrected chi connectivity index (χ2v) is 2.46. The molecule has 4 heteroatoms. The molecule has 0 bridgehead atoms. The third-order valence-corrected chi connectivity index (χ3v) is 1.81. The molecule has 0 aromatic rings. The van der Waals surface area contributed by atoms with Crippen LogP contribution in [0.5, 0.6) is 0 Å². The predicted octanol–water partition coefficient (Wildman–Crippen LogP) is 0.511. The lowest BCUT2D eigenvalue weighted by atomic mass is 10.2. The summed E-state index contributed by atoms with van der Waals surface area (Å²) in [5.41, 5.74) is 1.00. The number of aliphatic imine (C=N–C) groups is 1. The predicted molar refractivity (Wildman–Crippen MR) is 40.6 cm³/mol.